The molecule has 1 aliphatic rings. The lowest BCUT2D eigenvalue weighted by Gasteiger charge is -2.24. The summed E-state index contributed by atoms with van der Waals surface area (Å²) in [5, 5.41) is 2.48. The van der Waals surface area contributed by atoms with Crippen LogP contribution in [0.4, 0.5) is 5.69 Å². The van der Waals surface area contributed by atoms with E-state index in [1.54, 1.807) is 24.3 Å². The van der Waals surface area contributed by atoms with Gasteiger partial charge in [-0.3, -0.25) is 9.63 Å². The largest absolute Gasteiger partial charge is 0.271 e. The zero-order chi connectivity index (χ0) is 15.2. The van der Waals surface area contributed by atoms with Gasteiger partial charge < -0.3 is 0 Å². The quantitative estimate of drug-likeness (QED) is 0.829. The van der Waals surface area contributed by atoms with Crippen molar-refractivity contribution >= 4 is 34.8 Å². The minimum absolute atomic E-state index is 0.149. The van der Waals surface area contributed by atoms with Gasteiger partial charge in [-0.2, -0.15) is 5.06 Å². The van der Waals surface area contributed by atoms with Crippen molar-refractivity contribution in [2.45, 2.75) is 12.3 Å². The highest BCUT2D eigenvalue weighted by Gasteiger charge is 2.49. The van der Waals surface area contributed by atoms with Crippen molar-refractivity contribution in [1.29, 1.82) is 0 Å². The normalized spacial score (nSPS) is 20.8. The maximum atomic E-state index is 12.8. The predicted octanol–water partition coefficient (Wildman–Crippen LogP) is 4.21. The van der Waals surface area contributed by atoms with E-state index in [0.29, 0.717) is 15.7 Å². The number of carbonyl (C=O) groups excluding carboxylic acids is 1. The molecule has 0 saturated heterocycles. The molecule has 21 heavy (non-hydrogen) atoms. The van der Waals surface area contributed by atoms with E-state index in [4.69, 9.17) is 28.0 Å². The number of halogens is 2. The Morgan fingerprint density at radius 1 is 1.05 bits per heavy atom. The van der Waals surface area contributed by atoms with E-state index < -0.39 is 5.41 Å². The molecule has 0 spiro atoms. The van der Waals surface area contributed by atoms with Gasteiger partial charge in [0.2, 0.25) is 0 Å². The van der Waals surface area contributed by atoms with Crippen LogP contribution in [0.5, 0.6) is 0 Å². The third-order valence-corrected chi connectivity index (χ3v) is 4.42. The number of hydrogen-bond donors (Lipinski definition) is 0. The second-order valence-electron chi connectivity index (χ2n) is 5.08. The van der Waals surface area contributed by atoms with E-state index in [-0.39, 0.29) is 5.91 Å². The zero-order valence-electron chi connectivity index (χ0n) is 11.6. The van der Waals surface area contributed by atoms with E-state index in [1.807, 2.05) is 25.1 Å². The van der Waals surface area contributed by atoms with Crippen molar-refractivity contribution in [1.82, 2.24) is 0 Å². The fraction of sp³-hybridized carbons (Fsp3) is 0.188. The molecule has 1 amide bonds. The first-order valence-corrected chi connectivity index (χ1v) is 7.19. The molecule has 2 aromatic rings. The average Bonchev–Trinajstić information content (AvgIpc) is 2.68. The van der Waals surface area contributed by atoms with Crippen molar-refractivity contribution in [2.75, 3.05) is 12.2 Å². The summed E-state index contributed by atoms with van der Waals surface area (Å²) < 4.78 is 0. The number of nitrogens with zero attached hydrogens (tertiary/aromatic N) is 1. The summed E-state index contributed by atoms with van der Waals surface area (Å²) in [6, 6.07) is 12.7. The summed E-state index contributed by atoms with van der Waals surface area (Å²) in [5.41, 5.74) is 1.58. The highest BCUT2D eigenvalue weighted by molar-refractivity contribution is 6.31. The highest BCUT2D eigenvalue weighted by atomic mass is 35.5. The Balaban J connectivity index is 2.24. The zero-order valence-corrected chi connectivity index (χ0v) is 13.1. The number of amides is 1. The standard InChI is InChI=1S/C16H13Cl2NO2/c1-16(10-3-5-11(17)6-4-10)13-8-7-12(18)9-14(13)19(21-2)15(16)20/h3-9H,1-2H3. The summed E-state index contributed by atoms with van der Waals surface area (Å²) >= 11 is 12.0. The SMILES string of the molecule is CON1C(=O)C(C)(c2ccc(Cl)cc2)c2ccc(Cl)cc21. The van der Waals surface area contributed by atoms with Gasteiger partial charge in [0.25, 0.3) is 5.91 Å². The topological polar surface area (TPSA) is 29.5 Å². The molecule has 0 aromatic heterocycles. The van der Waals surface area contributed by atoms with Crippen LogP contribution in [0.15, 0.2) is 42.5 Å². The van der Waals surface area contributed by atoms with E-state index >= 15 is 0 Å². The van der Waals surface area contributed by atoms with Crippen LogP contribution in [-0.2, 0) is 15.0 Å². The van der Waals surface area contributed by atoms with Gasteiger partial charge in [0.1, 0.15) is 5.41 Å². The van der Waals surface area contributed by atoms with Gasteiger partial charge in [-0.05, 0) is 42.3 Å². The molecular weight excluding hydrogens is 309 g/mol. The summed E-state index contributed by atoms with van der Waals surface area (Å²) in [7, 11) is 1.47. The van der Waals surface area contributed by atoms with Gasteiger partial charge in [0.15, 0.2) is 0 Å². The summed E-state index contributed by atoms with van der Waals surface area (Å²) in [6.45, 7) is 1.88. The second kappa shape index (κ2) is 5.02. The first kappa shape index (κ1) is 14.4. The van der Waals surface area contributed by atoms with Gasteiger partial charge >= 0.3 is 0 Å². The van der Waals surface area contributed by atoms with Gasteiger partial charge in [0.05, 0.1) is 12.8 Å². The van der Waals surface area contributed by atoms with E-state index in [2.05, 4.69) is 0 Å². The van der Waals surface area contributed by atoms with Crippen LogP contribution in [0.25, 0.3) is 0 Å². The fourth-order valence-corrected chi connectivity index (χ4v) is 3.06. The lowest BCUT2D eigenvalue weighted by Crippen LogP contribution is -2.38. The van der Waals surface area contributed by atoms with Gasteiger partial charge in [-0.15, -0.1) is 0 Å². The number of rotatable bonds is 2. The molecule has 0 radical (unpaired) electrons. The van der Waals surface area contributed by atoms with Crippen LogP contribution < -0.4 is 5.06 Å². The molecule has 108 valence electrons. The van der Waals surface area contributed by atoms with Crippen LogP contribution in [-0.4, -0.2) is 13.0 Å². The van der Waals surface area contributed by atoms with Gasteiger partial charge in [-0.1, -0.05) is 41.4 Å². The predicted molar refractivity (Wildman–Crippen MR) is 83.9 cm³/mol. The van der Waals surface area contributed by atoms with Crippen LogP contribution in [0.2, 0.25) is 10.0 Å². The molecule has 3 rings (SSSR count). The number of hydrogen-bond acceptors (Lipinski definition) is 2. The van der Waals surface area contributed by atoms with E-state index in [9.17, 15) is 4.79 Å². The Bertz CT molecular complexity index is 715. The molecule has 0 fully saturated rings. The van der Waals surface area contributed by atoms with Crippen LogP contribution in [0, 0.1) is 0 Å². The molecule has 0 N–H and O–H groups in total. The Hall–Kier alpha value is -1.55. The summed E-state index contributed by atoms with van der Waals surface area (Å²) in [5.74, 6) is -0.149. The number of carbonyl (C=O) groups is 1. The molecule has 0 saturated carbocycles. The lowest BCUT2D eigenvalue weighted by molar-refractivity contribution is -0.127. The van der Waals surface area contributed by atoms with E-state index in [1.165, 1.54) is 12.2 Å². The number of benzene rings is 2. The smallest absolute Gasteiger partial charge is 0.265 e. The monoisotopic (exact) mass is 321 g/mol. The maximum absolute atomic E-state index is 12.8. The maximum Gasteiger partial charge on any atom is 0.265 e. The molecule has 0 aliphatic carbocycles. The molecule has 1 atom stereocenters. The fourth-order valence-electron chi connectivity index (χ4n) is 2.77. The third kappa shape index (κ3) is 2.04. The number of hydroxylamine groups is 1. The number of anilines is 1. The highest BCUT2D eigenvalue weighted by Crippen LogP contribution is 2.46. The van der Waals surface area contributed by atoms with Gasteiger partial charge in [-0.25, -0.2) is 0 Å². The Labute approximate surface area is 133 Å². The van der Waals surface area contributed by atoms with Gasteiger partial charge in [0, 0.05) is 10.0 Å². The average molecular weight is 322 g/mol. The third-order valence-electron chi connectivity index (χ3n) is 3.93. The van der Waals surface area contributed by atoms with Crippen LogP contribution in [0.1, 0.15) is 18.1 Å². The second-order valence-corrected chi connectivity index (χ2v) is 5.95. The minimum Gasteiger partial charge on any atom is -0.271 e. The molecule has 0 bridgehead atoms. The lowest BCUT2D eigenvalue weighted by atomic mass is 9.77. The minimum atomic E-state index is -0.819. The molecule has 5 heteroatoms. The Morgan fingerprint density at radius 2 is 1.67 bits per heavy atom. The Morgan fingerprint density at radius 3 is 2.29 bits per heavy atom. The van der Waals surface area contributed by atoms with Crippen molar-refractivity contribution in [2.24, 2.45) is 0 Å². The van der Waals surface area contributed by atoms with Crippen molar-refractivity contribution in [3.05, 3.63) is 63.6 Å². The van der Waals surface area contributed by atoms with E-state index in [0.717, 1.165) is 11.1 Å². The molecule has 2 aromatic carbocycles. The molecule has 1 unspecified atom stereocenters. The summed E-state index contributed by atoms with van der Waals surface area (Å²) in [6.07, 6.45) is 0. The summed E-state index contributed by atoms with van der Waals surface area (Å²) in [4.78, 5) is 18.1. The molecule has 1 aliphatic heterocycles. The van der Waals surface area contributed by atoms with Crippen molar-refractivity contribution in [3.8, 4) is 0 Å². The van der Waals surface area contributed by atoms with Crippen LogP contribution in [0.3, 0.4) is 0 Å². The van der Waals surface area contributed by atoms with Crippen molar-refractivity contribution < 1.29 is 9.63 Å². The molecular formula is C16H13Cl2NO2. The first-order chi connectivity index (χ1) is 9.98. The van der Waals surface area contributed by atoms with Crippen LogP contribution >= 0.6 is 23.2 Å². The van der Waals surface area contributed by atoms with Crippen molar-refractivity contribution in [3.63, 3.8) is 0 Å². The Kier molecular flexibility index (Phi) is 3.44. The molecule has 1 heterocycles. The first-order valence-electron chi connectivity index (χ1n) is 6.43. The molecule has 3 nitrogen and oxygen atoms in total. The number of fused-ring (bicyclic) bond motifs is 1.